The van der Waals surface area contributed by atoms with Gasteiger partial charge in [0.05, 0.1) is 4.90 Å². The molecule has 0 spiro atoms. The molecule has 1 fully saturated rings. The van der Waals surface area contributed by atoms with Gasteiger partial charge in [0.15, 0.2) is 0 Å². The molecular weight excluding hydrogens is 426 g/mol. The van der Waals surface area contributed by atoms with E-state index in [0.29, 0.717) is 18.7 Å². The second-order valence-electron chi connectivity index (χ2n) is 7.03. The highest BCUT2D eigenvalue weighted by molar-refractivity contribution is 7.99. The minimum absolute atomic E-state index is 0.0243. The molecule has 1 aromatic heterocycles. The van der Waals surface area contributed by atoms with Crippen molar-refractivity contribution >= 4 is 27.8 Å². The molecule has 1 heterocycles. The molecule has 3 rings (SSSR count). The van der Waals surface area contributed by atoms with Crippen molar-refractivity contribution in [3.8, 4) is 11.5 Å². The largest absolute Gasteiger partial charge is 0.462 e. The Kier molecular flexibility index (Phi) is 7.90. The van der Waals surface area contributed by atoms with E-state index in [0.717, 1.165) is 37.4 Å². The number of thioether (sulfide) groups is 1. The molecule has 0 unspecified atom stereocenters. The Balaban J connectivity index is 1.58. The van der Waals surface area contributed by atoms with Crippen LogP contribution < -0.4 is 0 Å². The monoisotopic (exact) mass is 453 g/mol. The Hall–Kier alpha value is -1.91. The van der Waals surface area contributed by atoms with Gasteiger partial charge in [0.25, 0.3) is 5.22 Å². The number of nitrogens with zero attached hydrogens (tertiary/aromatic N) is 3. The van der Waals surface area contributed by atoms with Crippen LogP contribution in [-0.4, -0.2) is 53.8 Å². The van der Waals surface area contributed by atoms with Crippen LogP contribution in [0.25, 0.3) is 11.5 Å². The molecule has 0 saturated heterocycles. The molecule has 0 aliphatic heterocycles. The molecular formula is C20H27N3O5S2. The normalized spacial score (nSPS) is 15.4. The van der Waals surface area contributed by atoms with Crippen molar-refractivity contribution in [3.63, 3.8) is 0 Å². The second-order valence-corrected chi connectivity index (χ2v) is 9.89. The maximum atomic E-state index is 12.6. The van der Waals surface area contributed by atoms with Gasteiger partial charge >= 0.3 is 5.97 Å². The zero-order valence-corrected chi connectivity index (χ0v) is 18.9. The number of sulfonamides is 1. The standard InChI is InChI=1S/C20H27N3O5S2/c1-3-23(4-2)30(25,26)17-12-10-15(11-13-17)19-21-22-20(28-19)29-14-18(24)27-16-8-6-5-7-9-16/h10-13,16H,3-9,14H2,1-2H3. The van der Waals surface area contributed by atoms with Crippen molar-refractivity contribution in [3.05, 3.63) is 24.3 Å². The van der Waals surface area contributed by atoms with E-state index in [1.54, 1.807) is 26.0 Å². The smallest absolute Gasteiger partial charge is 0.316 e. The van der Waals surface area contributed by atoms with Gasteiger partial charge in [0, 0.05) is 18.7 Å². The van der Waals surface area contributed by atoms with E-state index >= 15 is 0 Å². The summed E-state index contributed by atoms with van der Waals surface area (Å²) in [5.41, 5.74) is 0.609. The van der Waals surface area contributed by atoms with Crippen molar-refractivity contribution in [2.75, 3.05) is 18.8 Å². The predicted octanol–water partition coefficient (Wildman–Crippen LogP) is 3.74. The van der Waals surface area contributed by atoms with Gasteiger partial charge in [-0.15, -0.1) is 10.2 Å². The summed E-state index contributed by atoms with van der Waals surface area (Å²) in [6, 6.07) is 6.33. The van der Waals surface area contributed by atoms with Gasteiger partial charge in [-0.1, -0.05) is 32.0 Å². The number of carbonyl (C=O) groups is 1. The quantitative estimate of drug-likeness (QED) is 0.418. The summed E-state index contributed by atoms with van der Waals surface area (Å²) in [6.07, 6.45) is 5.30. The minimum Gasteiger partial charge on any atom is -0.462 e. The van der Waals surface area contributed by atoms with E-state index in [4.69, 9.17) is 9.15 Å². The Morgan fingerprint density at radius 3 is 2.43 bits per heavy atom. The fourth-order valence-corrected chi connectivity index (χ4v) is 5.39. The highest BCUT2D eigenvalue weighted by Gasteiger charge is 2.22. The molecule has 1 saturated carbocycles. The van der Waals surface area contributed by atoms with Crippen molar-refractivity contribution in [2.24, 2.45) is 0 Å². The first-order valence-corrected chi connectivity index (χ1v) is 12.6. The molecule has 1 aromatic carbocycles. The van der Waals surface area contributed by atoms with Crippen LogP contribution in [0.3, 0.4) is 0 Å². The number of hydrogen-bond acceptors (Lipinski definition) is 8. The first kappa shape index (κ1) is 22.8. The molecule has 0 radical (unpaired) electrons. The number of rotatable bonds is 9. The molecule has 0 bridgehead atoms. The fraction of sp³-hybridized carbons (Fsp3) is 0.550. The van der Waals surface area contributed by atoms with Crippen LogP contribution in [0.1, 0.15) is 46.0 Å². The zero-order chi connectivity index (χ0) is 21.6. The third kappa shape index (κ3) is 5.61. The van der Waals surface area contributed by atoms with Crippen molar-refractivity contribution in [1.82, 2.24) is 14.5 Å². The molecule has 0 amide bonds. The van der Waals surface area contributed by atoms with Gasteiger partial charge in [-0.25, -0.2) is 8.42 Å². The third-order valence-corrected chi connectivity index (χ3v) is 7.87. The van der Waals surface area contributed by atoms with Gasteiger partial charge in [-0.05, 0) is 49.9 Å². The molecule has 30 heavy (non-hydrogen) atoms. The lowest BCUT2D eigenvalue weighted by Crippen LogP contribution is -2.30. The topological polar surface area (TPSA) is 103 Å². The second kappa shape index (κ2) is 10.4. The van der Waals surface area contributed by atoms with Crippen LogP contribution >= 0.6 is 11.8 Å². The lowest BCUT2D eigenvalue weighted by molar-refractivity contribution is -0.147. The number of hydrogen-bond donors (Lipinski definition) is 0. The summed E-state index contributed by atoms with van der Waals surface area (Å²) in [4.78, 5) is 12.2. The first-order valence-electron chi connectivity index (χ1n) is 10.2. The van der Waals surface area contributed by atoms with Crippen LogP contribution in [-0.2, 0) is 19.6 Å². The number of ether oxygens (including phenoxy) is 1. The van der Waals surface area contributed by atoms with Crippen LogP contribution in [0.5, 0.6) is 0 Å². The van der Waals surface area contributed by atoms with Gasteiger partial charge in [-0.3, -0.25) is 4.79 Å². The van der Waals surface area contributed by atoms with Gasteiger partial charge in [0.2, 0.25) is 15.9 Å². The Bertz CT molecular complexity index is 934. The Labute approximate surface area is 181 Å². The minimum atomic E-state index is -3.51. The van der Waals surface area contributed by atoms with Crippen LogP contribution in [0, 0.1) is 0 Å². The summed E-state index contributed by atoms with van der Waals surface area (Å²) in [6.45, 7) is 4.43. The summed E-state index contributed by atoms with van der Waals surface area (Å²) in [5, 5.41) is 8.21. The van der Waals surface area contributed by atoms with Gasteiger partial charge in [0.1, 0.15) is 11.9 Å². The van der Waals surface area contributed by atoms with Gasteiger partial charge < -0.3 is 9.15 Å². The molecule has 1 aliphatic rings. The van der Waals surface area contributed by atoms with Crippen molar-refractivity contribution < 1.29 is 22.4 Å². The maximum absolute atomic E-state index is 12.6. The summed E-state index contributed by atoms with van der Waals surface area (Å²) < 4.78 is 37.6. The number of aromatic nitrogens is 2. The van der Waals surface area contributed by atoms with Crippen LogP contribution in [0.4, 0.5) is 0 Å². The van der Waals surface area contributed by atoms with E-state index in [1.165, 1.54) is 22.9 Å². The number of benzene rings is 1. The summed E-state index contributed by atoms with van der Waals surface area (Å²) in [7, 11) is -3.51. The van der Waals surface area contributed by atoms with E-state index < -0.39 is 10.0 Å². The van der Waals surface area contributed by atoms with Crippen molar-refractivity contribution in [1.29, 1.82) is 0 Å². The maximum Gasteiger partial charge on any atom is 0.316 e. The number of carbonyl (C=O) groups excluding carboxylic acids is 1. The zero-order valence-electron chi connectivity index (χ0n) is 17.2. The average molecular weight is 454 g/mol. The highest BCUT2D eigenvalue weighted by Crippen LogP contribution is 2.26. The SMILES string of the molecule is CCN(CC)S(=O)(=O)c1ccc(-c2nnc(SCC(=O)OC3CCCCC3)o2)cc1. The van der Waals surface area contributed by atoms with Gasteiger partial charge in [-0.2, -0.15) is 4.31 Å². The predicted molar refractivity (Wildman–Crippen MR) is 114 cm³/mol. The van der Waals surface area contributed by atoms with Crippen molar-refractivity contribution in [2.45, 2.75) is 62.2 Å². The van der Waals surface area contributed by atoms with E-state index in [-0.39, 0.29) is 33.8 Å². The van der Waals surface area contributed by atoms with E-state index in [1.807, 2.05) is 0 Å². The molecule has 1 aliphatic carbocycles. The van der Waals surface area contributed by atoms with Crippen LogP contribution in [0.2, 0.25) is 0 Å². The molecule has 0 atom stereocenters. The molecule has 10 heteroatoms. The van der Waals surface area contributed by atoms with E-state index in [2.05, 4.69) is 10.2 Å². The number of esters is 1. The summed E-state index contributed by atoms with van der Waals surface area (Å²) >= 11 is 1.13. The first-order chi connectivity index (χ1) is 14.4. The summed E-state index contributed by atoms with van der Waals surface area (Å²) in [5.74, 6) is 0.0988. The average Bonchev–Trinajstić information content (AvgIpc) is 3.23. The third-order valence-electron chi connectivity index (χ3n) is 5.01. The highest BCUT2D eigenvalue weighted by atomic mass is 32.2. The Morgan fingerprint density at radius 2 is 1.80 bits per heavy atom. The molecule has 0 N–H and O–H groups in total. The molecule has 164 valence electrons. The fourth-order valence-electron chi connectivity index (χ4n) is 3.39. The van der Waals surface area contributed by atoms with E-state index in [9.17, 15) is 13.2 Å². The lowest BCUT2D eigenvalue weighted by Gasteiger charge is -2.21. The lowest BCUT2D eigenvalue weighted by atomic mass is 9.98. The Morgan fingerprint density at radius 1 is 1.13 bits per heavy atom. The van der Waals surface area contributed by atoms with Crippen LogP contribution in [0.15, 0.2) is 38.8 Å². The molecule has 8 nitrogen and oxygen atoms in total. The molecule has 2 aromatic rings.